The van der Waals surface area contributed by atoms with E-state index < -0.39 is 5.97 Å². The van der Waals surface area contributed by atoms with Crippen molar-refractivity contribution in [1.29, 1.82) is 0 Å². The molecule has 0 atom stereocenters. The number of nitrogens with one attached hydrogen (secondary N) is 2. The summed E-state index contributed by atoms with van der Waals surface area (Å²) in [6.45, 7) is 0.530. The third-order valence-electron chi connectivity index (χ3n) is 3.22. The molecule has 0 unspecified atom stereocenters. The molecule has 102 valence electrons. The Morgan fingerprint density at radius 3 is 2.95 bits per heavy atom. The number of carboxylic acid groups (broad SMARTS) is 1. The summed E-state index contributed by atoms with van der Waals surface area (Å²) in [6, 6.07) is 4.53. The van der Waals surface area contributed by atoms with E-state index in [9.17, 15) is 9.59 Å². The van der Waals surface area contributed by atoms with Gasteiger partial charge >= 0.3 is 12.0 Å². The second-order valence-electron chi connectivity index (χ2n) is 4.47. The lowest BCUT2D eigenvalue weighted by Gasteiger charge is -2.17. The number of hydrogen-bond donors (Lipinski definition) is 3. The number of urea groups is 1. The van der Waals surface area contributed by atoms with Crippen LogP contribution < -0.4 is 10.2 Å². The molecule has 2 amide bonds. The molecule has 3 rings (SSSR count). The first kappa shape index (κ1) is 12.2. The van der Waals surface area contributed by atoms with E-state index >= 15 is 0 Å². The Hall–Kier alpha value is -2.83. The number of aromatic carboxylic acids is 1. The average Bonchev–Trinajstić information content (AvgIpc) is 3.06. The molecule has 0 bridgehead atoms. The maximum Gasteiger partial charge on any atom is 0.335 e. The minimum atomic E-state index is -0.964. The number of H-pyrrole nitrogens is 1. The van der Waals surface area contributed by atoms with E-state index in [1.165, 1.54) is 12.3 Å². The smallest absolute Gasteiger partial charge is 0.335 e. The molecule has 0 radical (unpaired) electrons. The standard InChI is InChI=1S/C13H12N4O3/c18-12(19)9-1-2-11-8(5-9)3-4-17(11)13(20)16-10-6-14-15-7-10/h1-2,5-7H,3-4H2,(H,14,15)(H,16,20)(H,18,19). The van der Waals surface area contributed by atoms with E-state index in [4.69, 9.17) is 5.11 Å². The van der Waals surface area contributed by atoms with Crippen LogP contribution in [0.1, 0.15) is 15.9 Å². The SMILES string of the molecule is O=C(O)c1ccc2c(c1)CCN2C(=O)Nc1cn[nH]c1. The van der Waals surface area contributed by atoms with Crippen molar-refractivity contribution >= 4 is 23.4 Å². The van der Waals surface area contributed by atoms with E-state index in [2.05, 4.69) is 15.5 Å². The summed E-state index contributed by atoms with van der Waals surface area (Å²) in [5.41, 5.74) is 2.44. The Morgan fingerprint density at radius 1 is 1.40 bits per heavy atom. The number of aromatic nitrogens is 2. The quantitative estimate of drug-likeness (QED) is 0.775. The van der Waals surface area contributed by atoms with Crippen LogP contribution in [0, 0.1) is 0 Å². The first-order chi connectivity index (χ1) is 9.65. The maximum absolute atomic E-state index is 12.2. The zero-order valence-electron chi connectivity index (χ0n) is 10.5. The lowest BCUT2D eigenvalue weighted by Crippen LogP contribution is -2.33. The van der Waals surface area contributed by atoms with E-state index in [1.807, 2.05) is 0 Å². The average molecular weight is 272 g/mol. The van der Waals surface area contributed by atoms with Crippen molar-refractivity contribution in [2.75, 3.05) is 16.8 Å². The molecule has 0 spiro atoms. The fourth-order valence-corrected chi connectivity index (χ4v) is 2.26. The molecule has 1 aromatic heterocycles. The van der Waals surface area contributed by atoms with Gasteiger partial charge in [-0.3, -0.25) is 10.00 Å². The van der Waals surface area contributed by atoms with Crippen LogP contribution in [0.25, 0.3) is 0 Å². The molecule has 0 saturated carbocycles. The number of carbonyl (C=O) groups excluding carboxylic acids is 1. The van der Waals surface area contributed by atoms with Crippen molar-refractivity contribution < 1.29 is 14.7 Å². The van der Waals surface area contributed by atoms with Crippen molar-refractivity contribution in [3.8, 4) is 0 Å². The number of rotatable bonds is 2. The first-order valence-electron chi connectivity index (χ1n) is 6.08. The molecule has 0 aliphatic carbocycles. The molecule has 7 nitrogen and oxygen atoms in total. The maximum atomic E-state index is 12.2. The number of anilines is 2. The predicted molar refractivity (Wildman–Crippen MR) is 72.1 cm³/mol. The molecule has 0 fully saturated rings. The lowest BCUT2D eigenvalue weighted by molar-refractivity contribution is 0.0697. The van der Waals surface area contributed by atoms with Gasteiger partial charge in [-0.15, -0.1) is 0 Å². The monoisotopic (exact) mass is 272 g/mol. The summed E-state index contributed by atoms with van der Waals surface area (Å²) in [5, 5.41) is 18.0. The van der Waals surface area contributed by atoms with Crippen LogP contribution in [0.2, 0.25) is 0 Å². The van der Waals surface area contributed by atoms with Gasteiger partial charge in [-0.05, 0) is 30.2 Å². The molecule has 1 aliphatic heterocycles. The number of benzene rings is 1. The highest BCUT2D eigenvalue weighted by atomic mass is 16.4. The fraction of sp³-hybridized carbons (Fsp3) is 0.154. The number of carboxylic acids is 1. The topological polar surface area (TPSA) is 98.3 Å². The van der Waals surface area contributed by atoms with E-state index in [1.54, 1.807) is 23.2 Å². The van der Waals surface area contributed by atoms with Crippen LogP contribution >= 0.6 is 0 Å². The van der Waals surface area contributed by atoms with Gasteiger partial charge in [-0.25, -0.2) is 9.59 Å². The number of amides is 2. The largest absolute Gasteiger partial charge is 0.478 e. The van der Waals surface area contributed by atoms with Crippen molar-refractivity contribution in [2.45, 2.75) is 6.42 Å². The van der Waals surface area contributed by atoms with Gasteiger partial charge < -0.3 is 10.4 Å². The Bertz CT molecular complexity index is 666. The van der Waals surface area contributed by atoms with Crippen LogP contribution in [-0.2, 0) is 6.42 Å². The summed E-state index contributed by atoms with van der Waals surface area (Å²) >= 11 is 0. The Labute approximate surface area is 114 Å². The van der Waals surface area contributed by atoms with E-state index in [-0.39, 0.29) is 11.6 Å². The number of fused-ring (bicyclic) bond motifs is 1. The highest BCUT2D eigenvalue weighted by Crippen LogP contribution is 2.29. The molecule has 7 heteroatoms. The molecule has 3 N–H and O–H groups in total. The minimum Gasteiger partial charge on any atom is -0.478 e. The Kier molecular flexibility index (Phi) is 2.86. The highest BCUT2D eigenvalue weighted by molar-refractivity contribution is 6.03. The third-order valence-corrected chi connectivity index (χ3v) is 3.22. The summed E-state index contributed by atoms with van der Waals surface area (Å²) in [6.07, 6.45) is 3.75. The number of nitrogens with zero attached hydrogens (tertiary/aromatic N) is 2. The van der Waals surface area contributed by atoms with Crippen LogP contribution in [0.15, 0.2) is 30.6 Å². The summed E-state index contributed by atoms with van der Waals surface area (Å²) in [7, 11) is 0. The van der Waals surface area contributed by atoms with E-state index in [0.717, 1.165) is 11.3 Å². The molecule has 2 heterocycles. The van der Waals surface area contributed by atoms with Crippen LogP contribution in [0.4, 0.5) is 16.2 Å². The van der Waals surface area contributed by atoms with Gasteiger partial charge in [0.2, 0.25) is 0 Å². The molecular weight excluding hydrogens is 260 g/mol. The molecule has 1 aliphatic rings. The van der Waals surface area contributed by atoms with Gasteiger partial charge in [0.05, 0.1) is 17.4 Å². The van der Waals surface area contributed by atoms with Crippen molar-refractivity contribution in [3.05, 3.63) is 41.7 Å². The summed E-state index contributed by atoms with van der Waals surface area (Å²) in [4.78, 5) is 24.7. The van der Waals surface area contributed by atoms with Crippen LogP contribution in [0.3, 0.4) is 0 Å². The second-order valence-corrected chi connectivity index (χ2v) is 4.47. The van der Waals surface area contributed by atoms with Gasteiger partial charge in [0, 0.05) is 18.4 Å². The summed E-state index contributed by atoms with van der Waals surface area (Å²) in [5.74, 6) is -0.964. The fourth-order valence-electron chi connectivity index (χ4n) is 2.26. The van der Waals surface area contributed by atoms with Crippen molar-refractivity contribution in [3.63, 3.8) is 0 Å². The predicted octanol–water partition coefficient (Wildman–Crippen LogP) is 1.70. The van der Waals surface area contributed by atoms with Gasteiger partial charge in [-0.1, -0.05) is 0 Å². The van der Waals surface area contributed by atoms with Gasteiger partial charge in [0.25, 0.3) is 0 Å². The molecule has 20 heavy (non-hydrogen) atoms. The van der Waals surface area contributed by atoms with E-state index in [0.29, 0.717) is 18.7 Å². The van der Waals surface area contributed by atoms with Crippen LogP contribution in [-0.4, -0.2) is 33.8 Å². The highest BCUT2D eigenvalue weighted by Gasteiger charge is 2.25. The Morgan fingerprint density at radius 2 is 2.25 bits per heavy atom. The van der Waals surface area contributed by atoms with Gasteiger partial charge in [0.15, 0.2) is 0 Å². The van der Waals surface area contributed by atoms with Gasteiger partial charge in [0.1, 0.15) is 0 Å². The van der Waals surface area contributed by atoms with Crippen molar-refractivity contribution in [1.82, 2.24) is 10.2 Å². The molecule has 1 aromatic carbocycles. The number of hydrogen-bond acceptors (Lipinski definition) is 3. The third kappa shape index (κ3) is 2.09. The Balaban J connectivity index is 1.82. The zero-order chi connectivity index (χ0) is 14.1. The summed E-state index contributed by atoms with van der Waals surface area (Å²) < 4.78 is 0. The molecular formula is C13H12N4O3. The minimum absolute atomic E-state index is 0.237. The first-order valence-corrected chi connectivity index (χ1v) is 6.08. The number of aromatic amines is 1. The number of carbonyl (C=O) groups is 2. The van der Waals surface area contributed by atoms with Gasteiger partial charge in [-0.2, -0.15) is 5.10 Å². The molecule has 0 saturated heterocycles. The zero-order valence-corrected chi connectivity index (χ0v) is 10.5. The lowest BCUT2D eigenvalue weighted by atomic mass is 10.1. The molecule has 2 aromatic rings. The normalized spacial score (nSPS) is 13.1. The van der Waals surface area contributed by atoms with Crippen LogP contribution in [0.5, 0.6) is 0 Å². The van der Waals surface area contributed by atoms with Crippen molar-refractivity contribution in [2.24, 2.45) is 0 Å². The second kappa shape index (κ2) is 4.69.